The number of nitrogen functional groups attached to an aromatic ring is 1. The van der Waals surface area contributed by atoms with Crippen LogP contribution in [0.1, 0.15) is 5.56 Å². The Morgan fingerprint density at radius 2 is 2.12 bits per heavy atom. The Kier molecular flexibility index (Phi) is 2.44. The molecule has 16 heavy (non-hydrogen) atoms. The van der Waals surface area contributed by atoms with Crippen molar-refractivity contribution in [2.45, 2.75) is 6.92 Å². The molecule has 0 saturated carbocycles. The first kappa shape index (κ1) is 10.4. The van der Waals surface area contributed by atoms with Crippen molar-refractivity contribution in [2.24, 2.45) is 0 Å². The molecule has 2 aromatic rings. The number of anilines is 1. The molecule has 2 rings (SSSR count). The second-order valence-corrected chi connectivity index (χ2v) is 3.45. The second-order valence-electron chi connectivity index (χ2n) is 3.45. The molecule has 0 spiro atoms. The summed E-state index contributed by atoms with van der Waals surface area (Å²) in [7, 11) is 1.56. The van der Waals surface area contributed by atoms with E-state index in [4.69, 9.17) is 15.0 Å². The molecule has 0 amide bonds. The summed E-state index contributed by atoms with van der Waals surface area (Å²) in [5.41, 5.74) is 7.16. The topological polar surface area (TPSA) is 81.5 Å². The maximum atomic E-state index is 9.90. The predicted octanol–water partition coefficient (Wildman–Crippen LogP) is 1.95. The molecule has 5 heteroatoms. The fraction of sp³-hybridized carbons (Fsp3) is 0.182. The average molecular weight is 220 g/mol. The minimum Gasteiger partial charge on any atom is -0.507 e. The molecule has 0 unspecified atom stereocenters. The van der Waals surface area contributed by atoms with Crippen molar-refractivity contribution in [3.05, 3.63) is 23.8 Å². The Labute approximate surface area is 92.4 Å². The smallest absolute Gasteiger partial charge is 0.222 e. The highest BCUT2D eigenvalue weighted by atomic mass is 16.5. The molecule has 0 radical (unpaired) electrons. The van der Waals surface area contributed by atoms with Crippen LogP contribution in [-0.2, 0) is 0 Å². The van der Waals surface area contributed by atoms with E-state index in [1.165, 1.54) is 0 Å². The van der Waals surface area contributed by atoms with E-state index < -0.39 is 0 Å². The van der Waals surface area contributed by atoms with Gasteiger partial charge in [-0.15, -0.1) is 0 Å². The van der Waals surface area contributed by atoms with Gasteiger partial charge < -0.3 is 20.1 Å². The summed E-state index contributed by atoms with van der Waals surface area (Å²) in [5, 5.41) is 13.6. The summed E-state index contributed by atoms with van der Waals surface area (Å²) in [6.45, 7) is 1.78. The van der Waals surface area contributed by atoms with Gasteiger partial charge in [-0.1, -0.05) is 5.16 Å². The minimum atomic E-state index is 0.147. The number of ether oxygens (including phenoxy) is 1. The van der Waals surface area contributed by atoms with Crippen LogP contribution in [0.25, 0.3) is 11.3 Å². The average Bonchev–Trinajstić information content (AvgIpc) is 2.68. The molecular weight excluding hydrogens is 208 g/mol. The SMILES string of the molecule is COc1cc(C)c(O)c(-c2cc(N)on2)c1. The molecule has 1 aromatic carbocycles. The summed E-state index contributed by atoms with van der Waals surface area (Å²) in [4.78, 5) is 0. The summed E-state index contributed by atoms with van der Waals surface area (Å²) >= 11 is 0. The molecule has 5 nitrogen and oxygen atoms in total. The third kappa shape index (κ3) is 1.67. The molecule has 84 valence electrons. The first-order valence-electron chi connectivity index (χ1n) is 4.72. The number of methoxy groups -OCH3 is 1. The van der Waals surface area contributed by atoms with Crippen LogP contribution in [0.3, 0.4) is 0 Å². The van der Waals surface area contributed by atoms with Crippen LogP contribution in [0.4, 0.5) is 5.88 Å². The Bertz CT molecular complexity index is 520. The highest BCUT2D eigenvalue weighted by Crippen LogP contribution is 2.35. The van der Waals surface area contributed by atoms with Gasteiger partial charge >= 0.3 is 0 Å². The largest absolute Gasteiger partial charge is 0.507 e. The lowest BCUT2D eigenvalue weighted by Gasteiger charge is -2.07. The van der Waals surface area contributed by atoms with Crippen molar-refractivity contribution in [1.29, 1.82) is 0 Å². The highest BCUT2D eigenvalue weighted by Gasteiger charge is 2.13. The Morgan fingerprint density at radius 1 is 1.38 bits per heavy atom. The first-order chi connectivity index (χ1) is 7.61. The van der Waals surface area contributed by atoms with Crippen LogP contribution in [0.5, 0.6) is 11.5 Å². The molecule has 0 atom stereocenters. The van der Waals surface area contributed by atoms with Gasteiger partial charge in [0.2, 0.25) is 5.88 Å². The van der Waals surface area contributed by atoms with Crippen LogP contribution >= 0.6 is 0 Å². The number of rotatable bonds is 2. The summed E-state index contributed by atoms with van der Waals surface area (Å²) in [6, 6.07) is 4.97. The van der Waals surface area contributed by atoms with Gasteiger partial charge in [-0.2, -0.15) is 0 Å². The summed E-state index contributed by atoms with van der Waals surface area (Å²) < 4.78 is 9.88. The number of aromatic nitrogens is 1. The number of phenols is 1. The van der Waals surface area contributed by atoms with Crippen LogP contribution in [-0.4, -0.2) is 17.4 Å². The molecule has 0 aliphatic carbocycles. The number of benzene rings is 1. The van der Waals surface area contributed by atoms with E-state index in [9.17, 15) is 5.11 Å². The summed E-state index contributed by atoms with van der Waals surface area (Å²) in [6.07, 6.45) is 0. The van der Waals surface area contributed by atoms with Crippen molar-refractivity contribution in [3.8, 4) is 22.8 Å². The van der Waals surface area contributed by atoms with Crippen molar-refractivity contribution >= 4 is 5.88 Å². The molecule has 0 fully saturated rings. The number of phenolic OH excluding ortho intramolecular Hbond substituents is 1. The molecule has 3 N–H and O–H groups in total. The van der Waals surface area contributed by atoms with E-state index in [-0.39, 0.29) is 11.6 Å². The van der Waals surface area contributed by atoms with Gasteiger partial charge in [0.05, 0.1) is 7.11 Å². The summed E-state index contributed by atoms with van der Waals surface area (Å²) in [5.74, 6) is 0.996. The molecule has 0 saturated heterocycles. The van der Waals surface area contributed by atoms with Gasteiger partial charge in [-0.3, -0.25) is 0 Å². The lowest BCUT2D eigenvalue weighted by molar-refractivity contribution is 0.411. The van der Waals surface area contributed by atoms with Gasteiger partial charge in [0.15, 0.2) is 0 Å². The third-order valence-corrected chi connectivity index (χ3v) is 2.31. The van der Waals surface area contributed by atoms with Crippen molar-refractivity contribution in [1.82, 2.24) is 5.16 Å². The van der Waals surface area contributed by atoms with Gasteiger partial charge in [0.1, 0.15) is 17.2 Å². The molecule has 1 heterocycles. The van der Waals surface area contributed by atoms with Crippen LogP contribution < -0.4 is 10.5 Å². The van der Waals surface area contributed by atoms with E-state index in [1.54, 1.807) is 32.2 Å². The maximum absolute atomic E-state index is 9.90. The van der Waals surface area contributed by atoms with Gasteiger partial charge in [-0.25, -0.2) is 0 Å². The number of aromatic hydroxyl groups is 1. The number of aryl methyl sites for hydroxylation is 1. The Hall–Kier alpha value is -2.17. The number of nitrogens with two attached hydrogens (primary N) is 1. The van der Waals surface area contributed by atoms with Crippen molar-refractivity contribution < 1.29 is 14.4 Å². The Balaban J connectivity index is 2.59. The second kappa shape index (κ2) is 3.77. The van der Waals surface area contributed by atoms with Gasteiger partial charge in [-0.05, 0) is 24.6 Å². The van der Waals surface area contributed by atoms with Crippen LogP contribution in [0, 0.1) is 6.92 Å². The fourth-order valence-electron chi connectivity index (χ4n) is 1.48. The van der Waals surface area contributed by atoms with E-state index >= 15 is 0 Å². The molecule has 1 aromatic heterocycles. The zero-order chi connectivity index (χ0) is 11.7. The van der Waals surface area contributed by atoms with Crippen LogP contribution in [0.2, 0.25) is 0 Å². The predicted molar refractivity (Wildman–Crippen MR) is 59.3 cm³/mol. The van der Waals surface area contributed by atoms with E-state index in [2.05, 4.69) is 5.16 Å². The monoisotopic (exact) mass is 220 g/mol. The maximum Gasteiger partial charge on any atom is 0.222 e. The number of hydrogen-bond donors (Lipinski definition) is 2. The molecule has 0 aliphatic rings. The lowest BCUT2D eigenvalue weighted by Crippen LogP contribution is -1.88. The zero-order valence-corrected chi connectivity index (χ0v) is 9.02. The van der Waals surface area contributed by atoms with E-state index in [0.29, 0.717) is 22.6 Å². The molecular formula is C11H12N2O3. The van der Waals surface area contributed by atoms with Gasteiger partial charge in [0.25, 0.3) is 0 Å². The normalized spacial score (nSPS) is 10.4. The minimum absolute atomic E-state index is 0.147. The zero-order valence-electron chi connectivity index (χ0n) is 9.02. The highest BCUT2D eigenvalue weighted by molar-refractivity contribution is 5.71. The number of hydrogen-bond acceptors (Lipinski definition) is 5. The quantitative estimate of drug-likeness (QED) is 0.808. The lowest BCUT2D eigenvalue weighted by atomic mass is 10.1. The first-order valence-corrected chi connectivity index (χ1v) is 4.72. The standard InChI is InChI=1S/C11H12N2O3/c1-6-3-7(15-2)4-8(11(6)14)9-5-10(12)16-13-9/h3-5,14H,12H2,1-2H3. The fourth-order valence-corrected chi connectivity index (χ4v) is 1.48. The van der Waals surface area contributed by atoms with E-state index in [0.717, 1.165) is 0 Å². The van der Waals surface area contributed by atoms with Crippen molar-refractivity contribution in [3.63, 3.8) is 0 Å². The Morgan fingerprint density at radius 3 is 2.69 bits per heavy atom. The number of nitrogens with zero attached hydrogens (tertiary/aromatic N) is 1. The van der Waals surface area contributed by atoms with Gasteiger partial charge in [0, 0.05) is 11.6 Å². The van der Waals surface area contributed by atoms with Crippen molar-refractivity contribution in [2.75, 3.05) is 12.8 Å². The molecule has 0 aliphatic heterocycles. The third-order valence-electron chi connectivity index (χ3n) is 2.31. The molecule has 0 bridgehead atoms. The van der Waals surface area contributed by atoms with Crippen LogP contribution in [0.15, 0.2) is 22.7 Å². The van der Waals surface area contributed by atoms with E-state index in [1.807, 2.05) is 0 Å².